The molecule has 236 valence electrons. The van der Waals surface area contributed by atoms with Crippen molar-refractivity contribution < 1.29 is 4.79 Å². The number of aliphatic imine (C=N–C) groups is 1. The van der Waals surface area contributed by atoms with Gasteiger partial charge in [-0.05, 0) is 59.4 Å². The van der Waals surface area contributed by atoms with Crippen LogP contribution in [0.5, 0.6) is 0 Å². The van der Waals surface area contributed by atoms with Crippen LogP contribution in [0, 0.1) is 0 Å². The van der Waals surface area contributed by atoms with E-state index in [1.165, 1.54) is 0 Å². The Morgan fingerprint density at radius 2 is 1.04 bits per heavy atom. The van der Waals surface area contributed by atoms with Crippen LogP contribution >= 0.6 is 0 Å². The Bertz CT molecular complexity index is 2430. The van der Waals surface area contributed by atoms with Crippen LogP contribution in [-0.2, 0) is 4.79 Å². The fourth-order valence-corrected chi connectivity index (χ4v) is 7.60. The zero-order chi connectivity index (χ0) is 32.7. The molecular weight excluding hydrogens is 601 g/mol. The van der Waals surface area contributed by atoms with Gasteiger partial charge in [0.1, 0.15) is 0 Å². The number of aromatic amines is 2. The van der Waals surface area contributed by atoms with Crippen LogP contribution in [0.2, 0.25) is 0 Å². The molecule has 5 heterocycles. The van der Waals surface area contributed by atoms with E-state index in [-0.39, 0.29) is 11.8 Å². The molecule has 0 amide bonds. The van der Waals surface area contributed by atoms with Gasteiger partial charge >= 0.3 is 0 Å². The standard InChI is InChI=1S/C44H34N4O/c49-39-27-38-42(30-17-9-3-10-18-30)36-24-23-34(46-36)40(28-13-5-1-6-14-28)32-21-22-33(45-32)41(29-15-7-2-8-16-29)35-25-26-37(47-35)43(44(39)48-38)31-19-11-4-12-20-31/h1-20,23-26,38,46-48H,21-22,27H2/b40-34-,41-33-,42-36-,44-43-. The minimum Gasteiger partial charge on any atom is -0.374 e. The smallest absolute Gasteiger partial charge is 0.181 e. The van der Waals surface area contributed by atoms with Gasteiger partial charge in [-0.1, -0.05) is 121 Å². The Balaban J connectivity index is 1.39. The largest absolute Gasteiger partial charge is 0.374 e. The molecule has 1 saturated heterocycles. The van der Waals surface area contributed by atoms with Gasteiger partial charge in [-0.25, -0.2) is 0 Å². The molecule has 49 heavy (non-hydrogen) atoms. The second-order valence-corrected chi connectivity index (χ2v) is 12.8. The van der Waals surface area contributed by atoms with Crippen molar-refractivity contribution in [1.29, 1.82) is 0 Å². The number of allylic oxidation sites excluding steroid dienone is 2. The highest BCUT2D eigenvalue weighted by atomic mass is 16.1. The average molecular weight is 635 g/mol. The number of aromatic nitrogens is 2. The molecule has 0 aliphatic carbocycles. The van der Waals surface area contributed by atoms with E-state index in [2.05, 4.69) is 131 Å². The van der Waals surface area contributed by atoms with E-state index in [1.54, 1.807) is 0 Å². The van der Waals surface area contributed by atoms with Crippen LogP contribution in [-0.4, -0.2) is 27.5 Å². The summed E-state index contributed by atoms with van der Waals surface area (Å²) in [6.07, 6.45) is 1.98. The van der Waals surface area contributed by atoms with Crippen molar-refractivity contribution in [3.8, 4) is 0 Å². The van der Waals surface area contributed by atoms with E-state index in [1.807, 2.05) is 30.3 Å². The number of carbonyl (C=O) groups excluding carboxylic acids is 1. The molecular formula is C44H34N4O. The van der Waals surface area contributed by atoms with Gasteiger partial charge in [-0.3, -0.25) is 9.79 Å². The SMILES string of the molecule is O=C1CC2N/C1=C(/c1ccccc1)c1ccc([nH]1)/C(c1ccccc1)=C1/CCC(=N1)/C(c1ccccc1)=c1/cc/c([nH]1)=C/2c1ccccc1. The number of carbonyl (C=O) groups is 1. The van der Waals surface area contributed by atoms with Crippen LogP contribution in [0.3, 0.4) is 0 Å². The first-order chi connectivity index (χ1) is 24.2. The van der Waals surface area contributed by atoms with Crippen molar-refractivity contribution in [2.24, 2.45) is 4.99 Å². The summed E-state index contributed by atoms with van der Waals surface area (Å²) in [7, 11) is 0. The predicted molar refractivity (Wildman–Crippen MR) is 197 cm³/mol. The molecule has 6 aromatic rings. The molecule has 0 spiro atoms. The lowest BCUT2D eigenvalue weighted by atomic mass is 9.96. The van der Waals surface area contributed by atoms with Gasteiger partial charge in [0.25, 0.3) is 0 Å². The highest BCUT2D eigenvalue weighted by Crippen LogP contribution is 2.37. The number of hydrogen-bond acceptors (Lipinski definition) is 3. The minimum atomic E-state index is -0.229. The van der Waals surface area contributed by atoms with Crippen molar-refractivity contribution >= 4 is 33.8 Å². The number of rotatable bonds is 4. The third-order valence-electron chi connectivity index (χ3n) is 9.77. The molecule has 8 bridgehead atoms. The summed E-state index contributed by atoms with van der Waals surface area (Å²) in [5, 5.41) is 5.74. The molecule has 1 atom stereocenters. The average Bonchev–Trinajstić information content (AvgIpc) is 3.98. The van der Waals surface area contributed by atoms with Crippen molar-refractivity contribution in [1.82, 2.24) is 15.3 Å². The van der Waals surface area contributed by atoms with E-state index in [9.17, 15) is 4.79 Å². The second-order valence-electron chi connectivity index (χ2n) is 12.8. The van der Waals surface area contributed by atoms with Gasteiger partial charge in [0.05, 0.1) is 23.1 Å². The van der Waals surface area contributed by atoms with Crippen molar-refractivity contribution in [2.75, 3.05) is 0 Å². The summed E-state index contributed by atoms with van der Waals surface area (Å²) in [4.78, 5) is 27.2. The normalized spacial score (nSPS) is 22.6. The molecule has 1 fully saturated rings. The monoisotopic (exact) mass is 634 g/mol. The fraction of sp³-hybridized carbons (Fsp3) is 0.0909. The zero-order valence-electron chi connectivity index (χ0n) is 26.9. The molecule has 0 radical (unpaired) electrons. The van der Waals surface area contributed by atoms with Crippen LogP contribution in [0.1, 0.15) is 52.9 Å². The summed E-state index contributed by atoms with van der Waals surface area (Å²) in [6, 6.07) is 50.0. The molecule has 4 aromatic carbocycles. The quantitative estimate of drug-likeness (QED) is 0.193. The Kier molecular flexibility index (Phi) is 7.16. The molecule has 1 unspecified atom stereocenters. The molecule has 3 aliphatic rings. The van der Waals surface area contributed by atoms with Gasteiger partial charge in [-0.2, -0.15) is 0 Å². The Morgan fingerprint density at radius 1 is 0.510 bits per heavy atom. The first-order valence-electron chi connectivity index (χ1n) is 16.9. The minimum absolute atomic E-state index is 0.0901. The second kappa shape index (κ2) is 12.1. The highest BCUT2D eigenvalue weighted by Gasteiger charge is 2.34. The van der Waals surface area contributed by atoms with E-state index in [0.29, 0.717) is 12.1 Å². The lowest BCUT2D eigenvalue weighted by Gasteiger charge is -2.17. The highest BCUT2D eigenvalue weighted by molar-refractivity contribution is 6.24. The number of Topliss-reactive ketones (excluding diaryl/α,β-unsaturated/α-hetero) is 1. The maximum atomic E-state index is 14.2. The van der Waals surface area contributed by atoms with Crippen LogP contribution in [0.25, 0.3) is 22.3 Å². The molecule has 5 nitrogen and oxygen atoms in total. The summed E-state index contributed by atoms with van der Waals surface area (Å²) in [6.45, 7) is 0. The number of ketones is 1. The summed E-state index contributed by atoms with van der Waals surface area (Å²) in [5.41, 5.74) is 13.0. The number of H-pyrrole nitrogens is 2. The van der Waals surface area contributed by atoms with Crippen molar-refractivity contribution in [3.63, 3.8) is 0 Å². The third kappa shape index (κ3) is 5.20. The molecule has 9 rings (SSSR count). The van der Waals surface area contributed by atoms with E-state index in [4.69, 9.17) is 4.99 Å². The van der Waals surface area contributed by atoms with Gasteiger partial charge in [0.15, 0.2) is 5.78 Å². The first-order valence-corrected chi connectivity index (χ1v) is 16.9. The van der Waals surface area contributed by atoms with E-state index < -0.39 is 0 Å². The molecule has 3 N–H and O–H groups in total. The predicted octanol–water partition coefficient (Wildman–Crippen LogP) is 7.14. The fourth-order valence-electron chi connectivity index (χ4n) is 7.60. The first kappa shape index (κ1) is 29.0. The Labute approximate surface area is 284 Å². The maximum Gasteiger partial charge on any atom is 0.181 e. The Morgan fingerprint density at radius 3 is 1.67 bits per heavy atom. The number of nitrogens with zero attached hydrogens (tertiary/aromatic N) is 1. The van der Waals surface area contributed by atoms with Gasteiger partial charge in [0, 0.05) is 50.8 Å². The third-order valence-corrected chi connectivity index (χ3v) is 9.77. The van der Waals surface area contributed by atoms with Crippen LogP contribution in [0.15, 0.2) is 162 Å². The lowest BCUT2D eigenvalue weighted by molar-refractivity contribution is -0.114. The molecule has 0 saturated carbocycles. The van der Waals surface area contributed by atoms with Gasteiger partial charge in [0.2, 0.25) is 0 Å². The molecule has 5 heteroatoms. The van der Waals surface area contributed by atoms with Gasteiger partial charge in [-0.15, -0.1) is 0 Å². The zero-order valence-corrected chi connectivity index (χ0v) is 26.9. The summed E-state index contributed by atoms with van der Waals surface area (Å²) < 4.78 is 0. The van der Waals surface area contributed by atoms with Gasteiger partial charge < -0.3 is 15.3 Å². The van der Waals surface area contributed by atoms with Crippen molar-refractivity contribution in [2.45, 2.75) is 25.3 Å². The van der Waals surface area contributed by atoms with E-state index >= 15 is 0 Å². The maximum absolute atomic E-state index is 14.2. The molecule has 3 aliphatic heterocycles. The van der Waals surface area contributed by atoms with Crippen LogP contribution < -0.4 is 16.0 Å². The van der Waals surface area contributed by atoms with Crippen LogP contribution in [0.4, 0.5) is 0 Å². The lowest BCUT2D eigenvalue weighted by Crippen LogP contribution is -2.29. The topological polar surface area (TPSA) is 73.0 Å². The van der Waals surface area contributed by atoms with Crippen molar-refractivity contribution in [3.05, 3.63) is 201 Å². The molecule has 2 aromatic heterocycles. The number of benzene rings is 4. The summed E-state index contributed by atoms with van der Waals surface area (Å²) >= 11 is 0. The summed E-state index contributed by atoms with van der Waals surface area (Å²) in [5.74, 6) is 0.0901. The van der Waals surface area contributed by atoms with E-state index in [0.717, 1.165) is 90.9 Å². The number of nitrogens with one attached hydrogen (secondary N) is 3. The number of fused-ring (bicyclic) bond motifs is 7. The number of hydrogen-bond donors (Lipinski definition) is 3. The Hall–Kier alpha value is -6.20.